The Kier molecular flexibility index (Phi) is 6.86. The van der Waals surface area contributed by atoms with Gasteiger partial charge in [0, 0.05) is 39.9 Å². The number of carbonyl (C=O) groups is 3. The van der Waals surface area contributed by atoms with Gasteiger partial charge in [-0.05, 0) is 60.7 Å². The van der Waals surface area contributed by atoms with E-state index in [0.717, 1.165) is 44.3 Å². The SMILES string of the molecule is Cc1ccc(NC(=O)CN2C(=O)S/C(=C\c3cn(Cc4ccc(F)cc4Cl)c4ccccc34)C2=O)cc1. The fourth-order valence-electron chi connectivity index (χ4n) is 4.11. The molecule has 0 aliphatic carbocycles. The van der Waals surface area contributed by atoms with E-state index < -0.39 is 22.9 Å². The van der Waals surface area contributed by atoms with Gasteiger partial charge in [0.25, 0.3) is 11.1 Å². The third-order valence-electron chi connectivity index (χ3n) is 5.97. The van der Waals surface area contributed by atoms with Crippen molar-refractivity contribution in [2.75, 3.05) is 11.9 Å². The molecule has 3 aromatic carbocycles. The summed E-state index contributed by atoms with van der Waals surface area (Å²) >= 11 is 7.04. The van der Waals surface area contributed by atoms with E-state index in [-0.39, 0.29) is 11.4 Å². The molecule has 4 aromatic rings. The number of halogens is 2. The maximum absolute atomic E-state index is 13.5. The van der Waals surface area contributed by atoms with Crippen molar-refractivity contribution in [3.05, 3.63) is 105 Å². The molecule has 1 fully saturated rings. The average Bonchev–Trinajstić information content (AvgIpc) is 3.34. The summed E-state index contributed by atoms with van der Waals surface area (Å²) in [6.07, 6.45) is 3.52. The van der Waals surface area contributed by atoms with E-state index in [1.54, 1.807) is 24.3 Å². The summed E-state index contributed by atoms with van der Waals surface area (Å²) in [5, 5.41) is 3.41. The number of amides is 3. The van der Waals surface area contributed by atoms with Crippen LogP contribution < -0.4 is 5.32 Å². The van der Waals surface area contributed by atoms with Gasteiger partial charge in [0.15, 0.2) is 0 Å². The summed E-state index contributed by atoms with van der Waals surface area (Å²) in [5.74, 6) is -1.39. The van der Waals surface area contributed by atoms with Crippen LogP contribution in [0.2, 0.25) is 5.02 Å². The number of imide groups is 1. The maximum Gasteiger partial charge on any atom is 0.294 e. The largest absolute Gasteiger partial charge is 0.342 e. The molecular weight excluding hydrogens is 513 g/mol. The number of anilines is 1. The minimum Gasteiger partial charge on any atom is -0.342 e. The number of carbonyl (C=O) groups excluding carboxylic acids is 3. The van der Waals surface area contributed by atoms with Gasteiger partial charge in [-0.1, -0.05) is 53.6 Å². The van der Waals surface area contributed by atoms with Crippen LogP contribution in [-0.2, 0) is 16.1 Å². The van der Waals surface area contributed by atoms with E-state index in [9.17, 15) is 18.8 Å². The first-order valence-electron chi connectivity index (χ1n) is 11.4. The molecule has 1 N–H and O–H groups in total. The summed E-state index contributed by atoms with van der Waals surface area (Å²) in [6.45, 7) is 1.96. The molecule has 0 atom stereocenters. The molecule has 0 radical (unpaired) electrons. The van der Waals surface area contributed by atoms with Crippen molar-refractivity contribution in [1.82, 2.24) is 9.47 Å². The van der Waals surface area contributed by atoms with Gasteiger partial charge in [-0.2, -0.15) is 0 Å². The van der Waals surface area contributed by atoms with Gasteiger partial charge >= 0.3 is 0 Å². The van der Waals surface area contributed by atoms with E-state index >= 15 is 0 Å². The molecule has 0 saturated carbocycles. The van der Waals surface area contributed by atoms with E-state index in [2.05, 4.69) is 5.32 Å². The molecule has 1 saturated heterocycles. The van der Waals surface area contributed by atoms with E-state index in [4.69, 9.17) is 11.6 Å². The Morgan fingerprint density at radius 2 is 1.84 bits per heavy atom. The molecule has 0 bridgehead atoms. The van der Waals surface area contributed by atoms with E-state index in [1.165, 1.54) is 12.1 Å². The lowest BCUT2D eigenvalue weighted by Crippen LogP contribution is -2.36. The van der Waals surface area contributed by atoms with Gasteiger partial charge in [-0.3, -0.25) is 19.3 Å². The Labute approximate surface area is 221 Å². The van der Waals surface area contributed by atoms with Crippen molar-refractivity contribution < 1.29 is 18.8 Å². The minimum absolute atomic E-state index is 0.232. The summed E-state index contributed by atoms with van der Waals surface area (Å²) in [5.41, 5.74) is 4.02. The second-order valence-corrected chi connectivity index (χ2v) is 10.0. The first-order chi connectivity index (χ1) is 17.8. The number of hydrogen-bond acceptors (Lipinski definition) is 4. The number of aromatic nitrogens is 1. The molecule has 3 amide bonds. The third kappa shape index (κ3) is 5.30. The van der Waals surface area contributed by atoms with Crippen LogP contribution in [0.4, 0.5) is 14.9 Å². The lowest BCUT2D eigenvalue weighted by Gasteiger charge is -2.12. The summed E-state index contributed by atoms with van der Waals surface area (Å²) in [7, 11) is 0. The van der Waals surface area contributed by atoms with Gasteiger partial charge in [0.1, 0.15) is 12.4 Å². The first-order valence-corrected chi connectivity index (χ1v) is 12.6. The first kappa shape index (κ1) is 24.8. The standard InChI is InChI=1S/C28H21ClFN3O3S/c1-17-6-10-21(11-7-17)31-26(34)16-33-27(35)25(37-28(33)36)12-19-15-32(24-5-3-2-4-22(19)24)14-18-8-9-20(30)13-23(18)29/h2-13,15H,14,16H2,1H3,(H,31,34)/b25-12-. The molecular formula is C28H21ClFN3O3S. The molecule has 9 heteroatoms. The Bertz CT molecular complexity index is 1580. The van der Waals surface area contributed by atoms with Crippen LogP contribution in [0.1, 0.15) is 16.7 Å². The molecule has 1 aliphatic heterocycles. The van der Waals surface area contributed by atoms with Crippen LogP contribution >= 0.6 is 23.4 Å². The number of thioether (sulfide) groups is 1. The molecule has 5 rings (SSSR count). The molecule has 0 spiro atoms. The molecule has 186 valence electrons. The van der Waals surface area contributed by atoms with Crippen LogP contribution in [0, 0.1) is 12.7 Å². The highest BCUT2D eigenvalue weighted by Crippen LogP contribution is 2.34. The van der Waals surface area contributed by atoms with Crippen LogP contribution in [0.3, 0.4) is 0 Å². The van der Waals surface area contributed by atoms with E-state index in [1.807, 2.05) is 54.1 Å². The lowest BCUT2D eigenvalue weighted by atomic mass is 10.1. The zero-order valence-corrected chi connectivity index (χ0v) is 21.3. The Morgan fingerprint density at radius 1 is 1.08 bits per heavy atom. The number of fused-ring (bicyclic) bond motifs is 1. The van der Waals surface area contributed by atoms with Gasteiger partial charge in [0.2, 0.25) is 5.91 Å². The monoisotopic (exact) mass is 533 g/mol. The van der Waals surface area contributed by atoms with Gasteiger partial charge in [-0.15, -0.1) is 0 Å². The highest BCUT2D eigenvalue weighted by molar-refractivity contribution is 8.18. The predicted molar refractivity (Wildman–Crippen MR) is 145 cm³/mol. The topological polar surface area (TPSA) is 71.4 Å². The third-order valence-corrected chi connectivity index (χ3v) is 7.23. The van der Waals surface area contributed by atoms with Gasteiger partial charge in [-0.25, -0.2) is 4.39 Å². The van der Waals surface area contributed by atoms with Crippen LogP contribution in [0.5, 0.6) is 0 Å². The van der Waals surface area contributed by atoms with Crippen LogP contribution in [0.25, 0.3) is 17.0 Å². The minimum atomic E-state index is -0.521. The van der Waals surface area contributed by atoms with Crippen LogP contribution in [0.15, 0.2) is 77.8 Å². The highest BCUT2D eigenvalue weighted by Gasteiger charge is 2.36. The van der Waals surface area contributed by atoms with Crippen molar-refractivity contribution in [3.63, 3.8) is 0 Å². The Hall–Kier alpha value is -3.88. The molecule has 1 aliphatic rings. The second kappa shape index (κ2) is 10.2. The molecule has 6 nitrogen and oxygen atoms in total. The zero-order chi connectivity index (χ0) is 26.1. The smallest absolute Gasteiger partial charge is 0.294 e. The zero-order valence-electron chi connectivity index (χ0n) is 19.7. The van der Waals surface area contributed by atoms with Crippen LogP contribution in [-0.4, -0.2) is 33.1 Å². The number of nitrogens with zero attached hydrogens (tertiary/aromatic N) is 2. The quantitative estimate of drug-likeness (QED) is 0.288. The van der Waals surface area contributed by atoms with Crippen molar-refractivity contribution in [2.24, 2.45) is 0 Å². The van der Waals surface area contributed by atoms with Crippen molar-refractivity contribution in [2.45, 2.75) is 13.5 Å². The fourth-order valence-corrected chi connectivity index (χ4v) is 5.17. The number of para-hydroxylation sites is 1. The lowest BCUT2D eigenvalue weighted by molar-refractivity contribution is -0.127. The molecule has 1 aromatic heterocycles. The summed E-state index contributed by atoms with van der Waals surface area (Å²) in [4.78, 5) is 39.3. The van der Waals surface area contributed by atoms with Crippen molar-refractivity contribution in [3.8, 4) is 0 Å². The Balaban J connectivity index is 1.38. The number of rotatable bonds is 6. The summed E-state index contributed by atoms with van der Waals surface area (Å²) in [6, 6.07) is 19.1. The van der Waals surface area contributed by atoms with Crippen molar-refractivity contribution in [1.29, 1.82) is 0 Å². The van der Waals surface area contributed by atoms with Gasteiger partial charge in [0.05, 0.1) is 4.91 Å². The average molecular weight is 534 g/mol. The number of aryl methyl sites for hydroxylation is 1. The van der Waals surface area contributed by atoms with Gasteiger partial charge < -0.3 is 9.88 Å². The molecule has 37 heavy (non-hydrogen) atoms. The molecule has 0 unspecified atom stereocenters. The fraction of sp³-hybridized carbons (Fsp3) is 0.107. The van der Waals surface area contributed by atoms with E-state index in [0.29, 0.717) is 17.3 Å². The number of benzene rings is 3. The molecule has 2 heterocycles. The predicted octanol–water partition coefficient (Wildman–Crippen LogP) is 6.47. The number of hydrogen-bond donors (Lipinski definition) is 1. The maximum atomic E-state index is 13.5. The second-order valence-electron chi connectivity index (χ2n) is 8.65. The normalized spacial score (nSPS) is 14.7. The number of nitrogens with one attached hydrogen (secondary N) is 1. The highest BCUT2D eigenvalue weighted by atomic mass is 35.5. The van der Waals surface area contributed by atoms with Crippen molar-refractivity contribution >= 4 is 63.1 Å². The Morgan fingerprint density at radius 3 is 2.59 bits per heavy atom. The summed E-state index contributed by atoms with van der Waals surface area (Å²) < 4.78 is 15.4.